The third-order valence-corrected chi connectivity index (χ3v) is 7.02. The van der Waals surface area contributed by atoms with Crippen LogP contribution >= 0.6 is 0 Å². The second kappa shape index (κ2) is 8.03. The molecule has 1 heterocycles. The monoisotopic (exact) mass is 382 g/mol. The van der Waals surface area contributed by atoms with Gasteiger partial charge in [0.15, 0.2) is 15.8 Å². The zero-order chi connectivity index (χ0) is 19.4. The Morgan fingerprint density at radius 3 is 2.54 bits per heavy atom. The van der Waals surface area contributed by atoms with Gasteiger partial charge in [-0.3, -0.25) is 15.1 Å². The molecule has 1 aromatic rings. The number of guanidine groups is 1. The zero-order valence-corrected chi connectivity index (χ0v) is 16.3. The first-order chi connectivity index (χ1) is 12.2. The lowest BCUT2D eigenvalue weighted by molar-refractivity contribution is -0.384. The predicted molar refractivity (Wildman–Crippen MR) is 102 cm³/mol. The van der Waals surface area contributed by atoms with Crippen molar-refractivity contribution in [3.8, 4) is 0 Å². The van der Waals surface area contributed by atoms with Gasteiger partial charge in [0.2, 0.25) is 0 Å². The maximum atomic E-state index is 12.2. The second-order valence-corrected chi connectivity index (χ2v) is 9.65. The largest absolute Gasteiger partial charge is 0.357 e. The van der Waals surface area contributed by atoms with Crippen LogP contribution in [0.3, 0.4) is 0 Å². The Morgan fingerprint density at radius 2 is 2.00 bits per heavy atom. The molecule has 1 fully saturated rings. The molecule has 0 aromatic heterocycles. The van der Waals surface area contributed by atoms with E-state index in [-0.39, 0.29) is 11.4 Å². The smallest absolute Gasteiger partial charge is 0.269 e. The Bertz CT molecular complexity index is 772. The Balaban J connectivity index is 2.04. The highest BCUT2D eigenvalue weighted by atomic mass is 32.2. The van der Waals surface area contributed by atoms with E-state index in [2.05, 4.69) is 10.3 Å². The van der Waals surface area contributed by atoms with E-state index in [4.69, 9.17) is 0 Å². The first-order valence-corrected chi connectivity index (χ1v) is 10.3. The van der Waals surface area contributed by atoms with Gasteiger partial charge in [-0.2, -0.15) is 0 Å². The summed E-state index contributed by atoms with van der Waals surface area (Å²) in [6.07, 6.45) is 0.655. The molecule has 26 heavy (non-hydrogen) atoms. The maximum absolute atomic E-state index is 12.2. The number of nitrogens with zero attached hydrogens (tertiary/aromatic N) is 3. The molecule has 0 saturated carbocycles. The van der Waals surface area contributed by atoms with E-state index in [0.717, 1.165) is 5.56 Å². The van der Waals surface area contributed by atoms with Crippen LogP contribution in [0.1, 0.15) is 26.3 Å². The van der Waals surface area contributed by atoms with Gasteiger partial charge < -0.3 is 10.2 Å². The van der Waals surface area contributed by atoms with Crippen LogP contribution in [0.15, 0.2) is 29.3 Å². The van der Waals surface area contributed by atoms with E-state index < -0.39 is 19.5 Å². The second-order valence-electron chi connectivity index (χ2n) is 6.91. The molecule has 8 nitrogen and oxygen atoms in total. The summed E-state index contributed by atoms with van der Waals surface area (Å²) < 4.78 is 23.5. The summed E-state index contributed by atoms with van der Waals surface area (Å²) in [5, 5.41) is 13.9. The average Bonchev–Trinajstić information content (AvgIpc) is 2.57. The average molecular weight is 382 g/mol. The fraction of sp³-hybridized carbons (Fsp3) is 0.588. The van der Waals surface area contributed by atoms with Crippen molar-refractivity contribution in [1.29, 1.82) is 0 Å². The van der Waals surface area contributed by atoms with Gasteiger partial charge in [-0.1, -0.05) is 12.1 Å². The molecule has 1 aliphatic rings. The Labute approximate surface area is 154 Å². The molecular weight excluding hydrogens is 356 g/mol. The van der Waals surface area contributed by atoms with Crippen LogP contribution in [0.25, 0.3) is 0 Å². The Hall–Kier alpha value is -2.16. The molecule has 0 radical (unpaired) electrons. The van der Waals surface area contributed by atoms with Crippen LogP contribution in [0.5, 0.6) is 0 Å². The van der Waals surface area contributed by atoms with Gasteiger partial charge in [0, 0.05) is 38.3 Å². The van der Waals surface area contributed by atoms with Crippen LogP contribution in [-0.2, 0) is 16.3 Å². The van der Waals surface area contributed by atoms with Gasteiger partial charge in [-0.25, -0.2) is 8.42 Å². The van der Waals surface area contributed by atoms with Gasteiger partial charge in [0.05, 0.1) is 15.4 Å². The number of nitro groups is 1. The molecule has 1 aromatic carbocycles. The first-order valence-electron chi connectivity index (χ1n) is 8.65. The molecule has 1 aliphatic heterocycles. The van der Waals surface area contributed by atoms with Crippen molar-refractivity contribution in [3.05, 3.63) is 39.9 Å². The first kappa shape index (κ1) is 20.2. The number of hydrogen-bond acceptors (Lipinski definition) is 5. The summed E-state index contributed by atoms with van der Waals surface area (Å²) >= 11 is 0. The predicted octanol–water partition coefficient (Wildman–Crippen LogP) is 1.61. The minimum Gasteiger partial charge on any atom is -0.357 e. The molecule has 0 atom stereocenters. The number of nitrogens with one attached hydrogen (secondary N) is 1. The third kappa shape index (κ3) is 4.72. The van der Waals surface area contributed by atoms with E-state index >= 15 is 0 Å². The Kier molecular flexibility index (Phi) is 6.22. The lowest BCUT2D eigenvalue weighted by Crippen LogP contribution is -2.57. The minimum absolute atomic E-state index is 0.0716. The molecule has 0 unspecified atom stereocenters. The molecule has 1 N–H and O–H groups in total. The van der Waals surface area contributed by atoms with Gasteiger partial charge in [0.1, 0.15) is 0 Å². The molecule has 0 aliphatic carbocycles. The zero-order valence-electron chi connectivity index (χ0n) is 15.4. The van der Waals surface area contributed by atoms with Crippen molar-refractivity contribution in [2.24, 2.45) is 4.99 Å². The van der Waals surface area contributed by atoms with Crippen molar-refractivity contribution in [3.63, 3.8) is 0 Å². The van der Waals surface area contributed by atoms with Crippen LogP contribution in [0, 0.1) is 10.1 Å². The van der Waals surface area contributed by atoms with Crippen LogP contribution in [-0.4, -0.2) is 60.9 Å². The highest BCUT2D eigenvalue weighted by molar-refractivity contribution is 7.92. The summed E-state index contributed by atoms with van der Waals surface area (Å²) in [4.78, 5) is 16.9. The number of non-ortho nitro benzene ring substituents is 1. The molecule has 144 valence electrons. The quantitative estimate of drug-likeness (QED) is 0.359. The van der Waals surface area contributed by atoms with Crippen molar-refractivity contribution in [1.82, 2.24) is 10.2 Å². The number of sulfone groups is 1. The van der Waals surface area contributed by atoms with E-state index in [1.807, 2.05) is 11.8 Å². The number of rotatable bonds is 5. The van der Waals surface area contributed by atoms with E-state index in [1.54, 1.807) is 26.0 Å². The lowest BCUT2D eigenvalue weighted by atomic mass is 10.1. The summed E-state index contributed by atoms with van der Waals surface area (Å²) in [6, 6.07) is 6.44. The van der Waals surface area contributed by atoms with Gasteiger partial charge >= 0.3 is 0 Å². The summed E-state index contributed by atoms with van der Waals surface area (Å²) in [6.45, 7) is 7.50. The van der Waals surface area contributed by atoms with E-state index in [9.17, 15) is 18.5 Å². The fourth-order valence-corrected chi connectivity index (χ4v) is 4.19. The highest BCUT2D eigenvalue weighted by Gasteiger charge is 2.40. The molecule has 9 heteroatoms. The molecule has 2 rings (SSSR count). The summed E-state index contributed by atoms with van der Waals surface area (Å²) in [5.74, 6) is 0.824. The SMILES string of the molecule is CCNC(=NCCc1ccc([N+](=O)[O-])cc1)N1CCS(=O)(=O)C(C)(C)C1. The van der Waals surface area contributed by atoms with Gasteiger partial charge in [-0.05, 0) is 32.8 Å². The summed E-state index contributed by atoms with van der Waals surface area (Å²) in [5.41, 5.74) is 1.04. The topological polar surface area (TPSA) is 105 Å². The molecule has 0 bridgehead atoms. The van der Waals surface area contributed by atoms with Gasteiger partial charge in [0.25, 0.3) is 5.69 Å². The minimum atomic E-state index is -3.10. The fourth-order valence-electron chi connectivity index (χ4n) is 2.83. The van der Waals surface area contributed by atoms with E-state index in [0.29, 0.717) is 38.6 Å². The number of aliphatic imine (C=N–C) groups is 1. The third-order valence-electron chi connectivity index (χ3n) is 4.49. The highest BCUT2D eigenvalue weighted by Crippen LogP contribution is 2.23. The van der Waals surface area contributed by atoms with Crippen LogP contribution in [0.2, 0.25) is 0 Å². The van der Waals surface area contributed by atoms with E-state index in [1.165, 1.54) is 12.1 Å². The van der Waals surface area contributed by atoms with Crippen molar-refractivity contribution in [2.45, 2.75) is 31.9 Å². The normalized spacial score (nSPS) is 19.2. The van der Waals surface area contributed by atoms with Crippen molar-refractivity contribution in [2.75, 3.05) is 31.9 Å². The number of nitro benzene ring substituents is 1. The molecule has 1 saturated heterocycles. The summed E-state index contributed by atoms with van der Waals surface area (Å²) in [7, 11) is -3.10. The van der Waals surface area contributed by atoms with Crippen LogP contribution < -0.4 is 5.32 Å². The molecule has 0 spiro atoms. The number of benzene rings is 1. The Morgan fingerprint density at radius 1 is 1.35 bits per heavy atom. The molecule has 0 amide bonds. The molecular formula is C17H26N4O4S. The standard InChI is InChI=1S/C17H26N4O4S/c1-4-18-16(20-11-12-26(24,25)17(2,3)13-20)19-10-9-14-5-7-15(8-6-14)21(22)23/h5-8H,4,9-13H2,1-3H3,(H,18,19). The number of hydrogen-bond donors (Lipinski definition) is 1. The van der Waals surface area contributed by atoms with Crippen molar-refractivity contribution < 1.29 is 13.3 Å². The lowest BCUT2D eigenvalue weighted by Gasteiger charge is -2.39. The van der Waals surface area contributed by atoms with Gasteiger partial charge in [-0.15, -0.1) is 0 Å². The van der Waals surface area contributed by atoms with Crippen molar-refractivity contribution >= 4 is 21.5 Å². The van der Waals surface area contributed by atoms with Crippen LogP contribution in [0.4, 0.5) is 5.69 Å². The maximum Gasteiger partial charge on any atom is 0.269 e.